The fraction of sp³-hybridized carbons (Fsp3) is 0.190. The average Bonchev–Trinajstić information content (AvgIpc) is 3.29. The predicted octanol–water partition coefficient (Wildman–Crippen LogP) is 3.56. The maximum atomic E-state index is 9.78. The van der Waals surface area contributed by atoms with Gasteiger partial charge in [-0.3, -0.25) is 0 Å². The van der Waals surface area contributed by atoms with Crippen LogP contribution in [0.25, 0.3) is 22.4 Å². The Morgan fingerprint density at radius 2 is 1.69 bits per heavy atom. The largest absolute Gasteiger partial charge is 0.396 e. The second kappa shape index (κ2) is 6.04. The number of imidazole rings is 1. The summed E-state index contributed by atoms with van der Waals surface area (Å²) < 4.78 is 2.12. The quantitative estimate of drug-likeness (QED) is 0.618. The zero-order valence-electron chi connectivity index (χ0n) is 14.2. The number of aliphatic hydroxyl groups excluding tert-OH is 1. The van der Waals surface area contributed by atoms with Gasteiger partial charge in [0, 0.05) is 11.5 Å². The zero-order chi connectivity index (χ0) is 17.5. The molecule has 0 bridgehead atoms. The van der Waals surface area contributed by atoms with Crippen molar-refractivity contribution in [2.24, 2.45) is 0 Å². The molecule has 5 heteroatoms. The molecule has 5 nitrogen and oxygen atoms in total. The molecule has 0 unspecified atom stereocenters. The van der Waals surface area contributed by atoms with E-state index in [-0.39, 0.29) is 18.6 Å². The monoisotopic (exact) mass is 342 g/mol. The lowest BCUT2D eigenvalue weighted by Gasteiger charge is -2.14. The smallest absolute Gasteiger partial charge is 0.164 e. The summed E-state index contributed by atoms with van der Waals surface area (Å²) in [5.74, 6) is 0.157. The lowest BCUT2D eigenvalue weighted by Crippen LogP contribution is -2.08. The van der Waals surface area contributed by atoms with E-state index in [1.165, 1.54) is 11.1 Å². The van der Waals surface area contributed by atoms with Crippen LogP contribution in [0.1, 0.15) is 29.5 Å². The molecule has 0 spiro atoms. The Kier molecular flexibility index (Phi) is 3.53. The Morgan fingerprint density at radius 1 is 0.923 bits per heavy atom. The minimum absolute atomic E-state index is 0.131. The van der Waals surface area contributed by atoms with E-state index in [1.54, 1.807) is 6.33 Å². The number of rotatable bonds is 3. The van der Waals surface area contributed by atoms with Crippen molar-refractivity contribution >= 4 is 11.2 Å². The maximum Gasteiger partial charge on any atom is 0.164 e. The third kappa shape index (κ3) is 2.24. The highest BCUT2D eigenvalue weighted by Crippen LogP contribution is 2.43. The second-order valence-electron chi connectivity index (χ2n) is 6.67. The van der Waals surface area contributed by atoms with Crippen LogP contribution in [0.15, 0.2) is 67.3 Å². The Labute approximate surface area is 151 Å². The Balaban J connectivity index is 1.66. The standard InChI is InChI=1S/C21H18N4O/c26-11-15-10-18(17-9-5-4-8-16(15)17)25-13-24-20-19(22-12-23-21(20)25)14-6-2-1-3-7-14/h1-9,12-13,15,18,26H,10-11H2/t15-,18-/m0/s1. The molecule has 2 atom stereocenters. The molecule has 4 aromatic rings. The highest BCUT2D eigenvalue weighted by atomic mass is 16.3. The second-order valence-corrected chi connectivity index (χ2v) is 6.67. The molecule has 0 saturated carbocycles. The van der Waals surface area contributed by atoms with Crippen molar-refractivity contribution in [1.29, 1.82) is 0 Å². The number of nitrogens with zero attached hydrogens (tertiary/aromatic N) is 4. The molecule has 0 amide bonds. The first-order chi connectivity index (χ1) is 12.9. The molecule has 0 aliphatic heterocycles. The summed E-state index contributed by atoms with van der Waals surface area (Å²) in [6.07, 6.45) is 4.31. The molecule has 0 saturated heterocycles. The van der Waals surface area contributed by atoms with Crippen LogP contribution < -0.4 is 0 Å². The van der Waals surface area contributed by atoms with Crippen LogP contribution in [0.3, 0.4) is 0 Å². The number of hydrogen-bond donors (Lipinski definition) is 1. The van der Waals surface area contributed by atoms with Crippen LogP contribution >= 0.6 is 0 Å². The van der Waals surface area contributed by atoms with Crippen LogP contribution in [-0.2, 0) is 0 Å². The average molecular weight is 342 g/mol. The predicted molar refractivity (Wildman–Crippen MR) is 99.8 cm³/mol. The van der Waals surface area contributed by atoms with Crippen molar-refractivity contribution in [2.45, 2.75) is 18.4 Å². The molecule has 128 valence electrons. The van der Waals surface area contributed by atoms with Crippen molar-refractivity contribution < 1.29 is 5.11 Å². The number of aromatic nitrogens is 4. The van der Waals surface area contributed by atoms with Crippen molar-refractivity contribution in [3.05, 3.63) is 78.4 Å². The van der Waals surface area contributed by atoms with E-state index in [9.17, 15) is 5.11 Å². The number of aliphatic hydroxyl groups is 1. The molecule has 2 aromatic carbocycles. The molecule has 2 heterocycles. The van der Waals surface area contributed by atoms with E-state index in [4.69, 9.17) is 0 Å². The van der Waals surface area contributed by atoms with Gasteiger partial charge in [0.2, 0.25) is 0 Å². The maximum absolute atomic E-state index is 9.78. The Hall–Kier alpha value is -3.05. The van der Waals surface area contributed by atoms with Gasteiger partial charge in [-0.25, -0.2) is 15.0 Å². The van der Waals surface area contributed by atoms with E-state index < -0.39 is 0 Å². The summed E-state index contributed by atoms with van der Waals surface area (Å²) in [5, 5.41) is 9.78. The van der Waals surface area contributed by atoms with Gasteiger partial charge in [-0.2, -0.15) is 0 Å². The molecule has 0 radical (unpaired) electrons. The molecule has 1 N–H and O–H groups in total. The summed E-state index contributed by atoms with van der Waals surface area (Å²) in [7, 11) is 0. The van der Waals surface area contributed by atoms with Gasteiger partial charge in [-0.05, 0) is 17.5 Å². The van der Waals surface area contributed by atoms with Gasteiger partial charge in [0.15, 0.2) is 5.65 Å². The third-order valence-electron chi connectivity index (χ3n) is 5.26. The van der Waals surface area contributed by atoms with Crippen molar-refractivity contribution in [3.63, 3.8) is 0 Å². The Bertz CT molecular complexity index is 1070. The first-order valence-corrected chi connectivity index (χ1v) is 8.79. The molecule has 0 fully saturated rings. The van der Waals surface area contributed by atoms with E-state index >= 15 is 0 Å². The number of hydrogen-bond acceptors (Lipinski definition) is 4. The number of benzene rings is 2. The summed E-state index contributed by atoms with van der Waals surface area (Å²) in [5.41, 5.74) is 5.98. The van der Waals surface area contributed by atoms with E-state index in [2.05, 4.69) is 37.7 Å². The molecule has 2 aromatic heterocycles. The van der Waals surface area contributed by atoms with Crippen molar-refractivity contribution in [3.8, 4) is 11.3 Å². The number of fused-ring (bicyclic) bond motifs is 2. The van der Waals surface area contributed by atoms with Crippen molar-refractivity contribution in [1.82, 2.24) is 19.5 Å². The molecule has 1 aliphatic carbocycles. The van der Waals surface area contributed by atoms with Gasteiger partial charge in [0.05, 0.1) is 19.0 Å². The van der Waals surface area contributed by atoms with Crippen LogP contribution in [0.4, 0.5) is 0 Å². The van der Waals surface area contributed by atoms with E-state index in [1.807, 2.05) is 42.7 Å². The van der Waals surface area contributed by atoms with Gasteiger partial charge >= 0.3 is 0 Å². The van der Waals surface area contributed by atoms with Gasteiger partial charge in [0.25, 0.3) is 0 Å². The van der Waals surface area contributed by atoms with Gasteiger partial charge in [-0.1, -0.05) is 54.6 Å². The minimum atomic E-state index is 0.131. The first kappa shape index (κ1) is 15.2. The van der Waals surface area contributed by atoms with Gasteiger partial charge in [0.1, 0.15) is 17.5 Å². The van der Waals surface area contributed by atoms with Crippen LogP contribution in [0.2, 0.25) is 0 Å². The molecule has 1 aliphatic rings. The summed E-state index contributed by atoms with van der Waals surface area (Å²) >= 11 is 0. The SMILES string of the molecule is OC[C@@H]1C[C@H](n2cnc3c(-c4ccccc4)ncnc32)c2ccccc21. The fourth-order valence-electron chi connectivity index (χ4n) is 4.03. The zero-order valence-corrected chi connectivity index (χ0v) is 14.2. The third-order valence-corrected chi connectivity index (χ3v) is 5.26. The lowest BCUT2D eigenvalue weighted by atomic mass is 10.0. The summed E-state index contributed by atoms with van der Waals surface area (Å²) in [4.78, 5) is 13.6. The van der Waals surface area contributed by atoms with Crippen molar-refractivity contribution in [2.75, 3.05) is 6.61 Å². The molecule has 5 rings (SSSR count). The highest BCUT2D eigenvalue weighted by Gasteiger charge is 2.32. The molecular formula is C21H18N4O. The normalized spacial score (nSPS) is 19.0. The fourth-order valence-corrected chi connectivity index (χ4v) is 4.03. The minimum Gasteiger partial charge on any atom is -0.396 e. The van der Waals surface area contributed by atoms with Gasteiger partial charge in [-0.15, -0.1) is 0 Å². The topological polar surface area (TPSA) is 63.8 Å². The highest BCUT2D eigenvalue weighted by molar-refractivity contribution is 5.87. The first-order valence-electron chi connectivity index (χ1n) is 8.79. The lowest BCUT2D eigenvalue weighted by molar-refractivity contribution is 0.259. The van der Waals surface area contributed by atoms with Crippen LogP contribution in [0, 0.1) is 0 Å². The molecule has 26 heavy (non-hydrogen) atoms. The molecular weight excluding hydrogens is 324 g/mol. The van der Waals surface area contributed by atoms with E-state index in [0.29, 0.717) is 0 Å². The van der Waals surface area contributed by atoms with Crippen LogP contribution in [0.5, 0.6) is 0 Å². The van der Waals surface area contributed by atoms with Gasteiger partial charge < -0.3 is 9.67 Å². The summed E-state index contributed by atoms with van der Waals surface area (Å²) in [6, 6.07) is 18.5. The van der Waals surface area contributed by atoms with Crippen LogP contribution in [-0.4, -0.2) is 31.2 Å². The Morgan fingerprint density at radius 3 is 2.50 bits per heavy atom. The summed E-state index contributed by atoms with van der Waals surface area (Å²) in [6.45, 7) is 0.157. The van der Waals surface area contributed by atoms with E-state index in [0.717, 1.165) is 28.8 Å².